The fourth-order valence-corrected chi connectivity index (χ4v) is 2.63. The van der Waals surface area contributed by atoms with Crippen molar-refractivity contribution in [3.05, 3.63) is 30.1 Å². The lowest BCUT2D eigenvalue weighted by Gasteiger charge is -2.44. The van der Waals surface area contributed by atoms with Crippen molar-refractivity contribution < 1.29 is 0 Å². The number of rotatable bonds is 3. The molecule has 1 fully saturated rings. The number of nitrogens with zero attached hydrogens (tertiary/aromatic N) is 2. The van der Waals surface area contributed by atoms with Crippen molar-refractivity contribution in [2.24, 2.45) is 5.41 Å². The molecule has 0 bridgehead atoms. The molecule has 3 nitrogen and oxygen atoms in total. The zero-order valence-corrected chi connectivity index (χ0v) is 12.7. The molecule has 106 valence electrons. The predicted molar refractivity (Wildman–Crippen MR) is 80.2 cm³/mol. The lowest BCUT2D eigenvalue weighted by molar-refractivity contribution is 0.0948. The Labute approximate surface area is 117 Å². The maximum atomic E-state index is 4.08. The van der Waals surface area contributed by atoms with Crippen LogP contribution in [0.2, 0.25) is 0 Å². The number of pyridine rings is 1. The highest BCUT2D eigenvalue weighted by Crippen LogP contribution is 2.23. The van der Waals surface area contributed by atoms with Gasteiger partial charge in [-0.3, -0.25) is 9.88 Å². The standard InChI is InChI=1S/C16H27N3/c1-13-11-18-15(16(2,3)4)12-19(13)10-7-14-5-8-17-9-6-14/h5-6,8-9,13,15,18H,7,10-12H2,1-4H3. The van der Waals surface area contributed by atoms with Gasteiger partial charge in [0.15, 0.2) is 0 Å². The van der Waals surface area contributed by atoms with E-state index in [1.807, 2.05) is 12.4 Å². The quantitative estimate of drug-likeness (QED) is 0.905. The van der Waals surface area contributed by atoms with Crippen LogP contribution in [0.5, 0.6) is 0 Å². The highest BCUT2D eigenvalue weighted by molar-refractivity contribution is 5.10. The first-order valence-corrected chi connectivity index (χ1v) is 7.33. The van der Waals surface area contributed by atoms with Crippen molar-refractivity contribution in [3.63, 3.8) is 0 Å². The Morgan fingerprint density at radius 3 is 2.63 bits per heavy atom. The van der Waals surface area contributed by atoms with E-state index in [2.05, 4.69) is 55.0 Å². The minimum Gasteiger partial charge on any atom is -0.311 e. The Balaban J connectivity index is 1.91. The SMILES string of the molecule is CC1CNC(C(C)(C)C)CN1CCc1ccncc1. The summed E-state index contributed by atoms with van der Waals surface area (Å²) < 4.78 is 0. The highest BCUT2D eigenvalue weighted by atomic mass is 15.2. The number of hydrogen-bond acceptors (Lipinski definition) is 3. The van der Waals surface area contributed by atoms with E-state index in [1.54, 1.807) is 0 Å². The van der Waals surface area contributed by atoms with Gasteiger partial charge in [-0.1, -0.05) is 20.8 Å². The summed E-state index contributed by atoms with van der Waals surface area (Å²) >= 11 is 0. The fourth-order valence-electron chi connectivity index (χ4n) is 2.63. The lowest BCUT2D eigenvalue weighted by Crippen LogP contribution is -2.59. The molecule has 0 spiro atoms. The van der Waals surface area contributed by atoms with Gasteiger partial charge in [0, 0.05) is 44.1 Å². The van der Waals surface area contributed by atoms with Gasteiger partial charge in [-0.2, -0.15) is 0 Å². The van der Waals surface area contributed by atoms with Crippen LogP contribution in [0.25, 0.3) is 0 Å². The molecule has 1 saturated heterocycles. The predicted octanol–water partition coefficient (Wildman–Crippen LogP) is 2.33. The van der Waals surface area contributed by atoms with Crippen LogP contribution >= 0.6 is 0 Å². The van der Waals surface area contributed by atoms with E-state index in [4.69, 9.17) is 0 Å². The minimum atomic E-state index is 0.328. The first kappa shape index (κ1) is 14.5. The monoisotopic (exact) mass is 261 g/mol. The van der Waals surface area contributed by atoms with Crippen LogP contribution in [0.15, 0.2) is 24.5 Å². The third-order valence-corrected chi connectivity index (χ3v) is 4.18. The third-order valence-electron chi connectivity index (χ3n) is 4.18. The minimum absolute atomic E-state index is 0.328. The maximum Gasteiger partial charge on any atom is 0.0270 e. The van der Waals surface area contributed by atoms with E-state index >= 15 is 0 Å². The molecule has 19 heavy (non-hydrogen) atoms. The topological polar surface area (TPSA) is 28.2 Å². The molecule has 0 aliphatic carbocycles. The molecule has 2 unspecified atom stereocenters. The van der Waals surface area contributed by atoms with Crippen molar-refractivity contribution in [2.75, 3.05) is 19.6 Å². The third kappa shape index (κ3) is 4.02. The summed E-state index contributed by atoms with van der Waals surface area (Å²) in [5, 5.41) is 3.69. The Morgan fingerprint density at radius 2 is 2.00 bits per heavy atom. The highest BCUT2D eigenvalue weighted by Gasteiger charge is 2.31. The van der Waals surface area contributed by atoms with Gasteiger partial charge in [0.25, 0.3) is 0 Å². The average Bonchev–Trinajstić information content (AvgIpc) is 2.37. The number of aromatic nitrogens is 1. The van der Waals surface area contributed by atoms with Gasteiger partial charge in [0.05, 0.1) is 0 Å². The molecule has 2 rings (SSSR count). The fraction of sp³-hybridized carbons (Fsp3) is 0.688. The zero-order valence-electron chi connectivity index (χ0n) is 12.7. The van der Waals surface area contributed by atoms with E-state index in [0.717, 1.165) is 26.1 Å². The summed E-state index contributed by atoms with van der Waals surface area (Å²) in [4.78, 5) is 6.69. The van der Waals surface area contributed by atoms with Crippen molar-refractivity contribution in [3.8, 4) is 0 Å². The van der Waals surface area contributed by atoms with Crippen molar-refractivity contribution in [1.29, 1.82) is 0 Å². The van der Waals surface area contributed by atoms with Crippen LogP contribution in [0.4, 0.5) is 0 Å². The first-order valence-electron chi connectivity index (χ1n) is 7.33. The van der Waals surface area contributed by atoms with Crippen LogP contribution in [-0.2, 0) is 6.42 Å². The molecular weight excluding hydrogens is 234 g/mol. The smallest absolute Gasteiger partial charge is 0.0270 e. The van der Waals surface area contributed by atoms with Gasteiger partial charge >= 0.3 is 0 Å². The molecule has 2 atom stereocenters. The molecule has 0 amide bonds. The second-order valence-electron chi connectivity index (χ2n) is 6.78. The van der Waals surface area contributed by atoms with E-state index in [0.29, 0.717) is 17.5 Å². The van der Waals surface area contributed by atoms with Crippen LogP contribution in [0.3, 0.4) is 0 Å². The van der Waals surface area contributed by atoms with E-state index in [9.17, 15) is 0 Å². The molecule has 3 heteroatoms. The largest absolute Gasteiger partial charge is 0.311 e. The molecule has 1 aromatic heterocycles. The molecule has 1 aliphatic rings. The summed E-state index contributed by atoms with van der Waals surface area (Å²) in [5.74, 6) is 0. The lowest BCUT2D eigenvalue weighted by atomic mass is 9.84. The Kier molecular flexibility index (Phi) is 4.58. The molecule has 1 N–H and O–H groups in total. The van der Waals surface area contributed by atoms with Crippen LogP contribution < -0.4 is 5.32 Å². The van der Waals surface area contributed by atoms with Crippen LogP contribution in [-0.4, -0.2) is 41.6 Å². The summed E-state index contributed by atoms with van der Waals surface area (Å²) in [6.45, 7) is 12.7. The van der Waals surface area contributed by atoms with Gasteiger partial charge in [-0.05, 0) is 36.5 Å². The Morgan fingerprint density at radius 1 is 1.32 bits per heavy atom. The second kappa shape index (κ2) is 6.02. The Hall–Kier alpha value is -0.930. The van der Waals surface area contributed by atoms with Gasteiger partial charge < -0.3 is 5.32 Å². The van der Waals surface area contributed by atoms with Crippen molar-refractivity contribution in [2.45, 2.75) is 46.2 Å². The van der Waals surface area contributed by atoms with E-state index < -0.39 is 0 Å². The zero-order chi connectivity index (χ0) is 13.9. The van der Waals surface area contributed by atoms with Gasteiger partial charge in [-0.15, -0.1) is 0 Å². The van der Waals surface area contributed by atoms with Crippen LogP contribution in [0, 0.1) is 5.41 Å². The molecule has 2 heterocycles. The first-order chi connectivity index (χ1) is 8.97. The summed E-state index contributed by atoms with van der Waals surface area (Å²) in [6.07, 6.45) is 4.88. The van der Waals surface area contributed by atoms with Crippen molar-refractivity contribution >= 4 is 0 Å². The molecular formula is C16H27N3. The van der Waals surface area contributed by atoms with Gasteiger partial charge in [0.1, 0.15) is 0 Å². The summed E-state index contributed by atoms with van der Waals surface area (Å²) in [7, 11) is 0. The summed E-state index contributed by atoms with van der Waals surface area (Å²) in [6, 6.07) is 5.45. The van der Waals surface area contributed by atoms with E-state index in [-0.39, 0.29) is 0 Å². The van der Waals surface area contributed by atoms with Crippen molar-refractivity contribution in [1.82, 2.24) is 15.2 Å². The van der Waals surface area contributed by atoms with E-state index in [1.165, 1.54) is 5.56 Å². The Bertz CT molecular complexity index is 383. The number of piperazine rings is 1. The van der Waals surface area contributed by atoms with Gasteiger partial charge in [0.2, 0.25) is 0 Å². The maximum absolute atomic E-state index is 4.08. The van der Waals surface area contributed by atoms with Gasteiger partial charge in [-0.25, -0.2) is 0 Å². The average molecular weight is 261 g/mol. The summed E-state index contributed by atoms with van der Waals surface area (Å²) in [5.41, 5.74) is 1.71. The van der Waals surface area contributed by atoms with Crippen LogP contribution in [0.1, 0.15) is 33.3 Å². The molecule has 1 aromatic rings. The number of nitrogens with one attached hydrogen (secondary N) is 1. The number of hydrogen-bond donors (Lipinski definition) is 1. The normalized spacial score (nSPS) is 25.5. The second-order valence-corrected chi connectivity index (χ2v) is 6.78. The molecule has 0 radical (unpaired) electrons. The molecule has 0 saturated carbocycles. The molecule has 1 aliphatic heterocycles. The molecule has 0 aromatic carbocycles.